The average Bonchev–Trinajstić information content (AvgIpc) is 2.76. The van der Waals surface area contributed by atoms with E-state index in [1.807, 2.05) is 24.3 Å². The van der Waals surface area contributed by atoms with Crippen LogP contribution >= 0.6 is 11.6 Å². The summed E-state index contributed by atoms with van der Waals surface area (Å²) >= 11 is 5.79. The normalized spacial score (nSPS) is 11.2. The molecule has 0 amide bonds. The molecule has 108 valence electrons. The minimum atomic E-state index is -0.505. The highest BCUT2D eigenvalue weighted by Gasteiger charge is 2.15. The molecule has 0 saturated carbocycles. The number of benzene rings is 2. The van der Waals surface area contributed by atoms with Crippen LogP contribution in [0.2, 0.25) is 5.02 Å². The molecule has 0 radical (unpaired) electrons. The van der Waals surface area contributed by atoms with E-state index < -0.39 is 5.82 Å². The molecular weight excluding hydrogens is 293 g/mol. The lowest BCUT2D eigenvalue weighted by Gasteiger charge is -2.12. The van der Waals surface area contributed by atoms with Gasteiger partial charge in [-0.3, -0.25) is 4.57 Å². The molecule has 3 aromatic rings. The molecule has 2 aromatic carbocycles. The standard InChI is InChI=1S/C15H13ClFN3O/c1-21-8-9-4-2-3-5-13(9)20-14-7-11(17)10(16)6-12(14)19-15(20)18/h2-7H,8H2,1H3,(H2,18,19). The Bertz CT molecular complexity index is 816. The third-order valence-electron chi connectivity index (χ3n) is 3.25. The first-order valence-corrected chi connectivity index (χ1v) is 6.70. The Labute approximate surface area is 125 Å². The number of para-hydroxylation sites is 1. The van der Waals surface area contributed by atoms with Crippen LogP contribution in [0, 0.1) is 5.82 Å². The van der Waals surface area contributed by atoms with Gasteiger partial charge in [-0.25, -0.2) is 9.37 Å². The van der Waals surface area contributed by atoms with E-state index in [1.165, 1.54) is 12.1 Å². The highest BCUT2D eigenvalue weighted by Crippen LogP contribution is 2.29. The molecule has 3 rings (SSSR count). The van der Waals surface area contributed by atoms with Crippen LogP contribution in [-0.2, 0) is 11.3 Å². The van der Waals surface area contributed by atoms with Crippen molar-refractivity contribution in [3.63, 3.8) is 0 Å². The number of nitrogens with zero attached hydrogens (tertiary/aromatic N) is 2. The molecule has 6 heteroatoms. The summed E-state index contributed by atoms with van der Waals surface area (Å²) in [4.78, 5) is 4.24. The Morgan fingerprint density at radius 2 is 2.10 bits per heavy atom. The zero-order valence-corrected chi connectivity index (χ0v) is 12.1. The van der Waals surface area contributed by atoms with Crippen LogP contribution in [0.5, 0.6) is 0 Å². The van der Waals surface area contributed by atoms with E-state index >= 15 is 0 Å². The second kappa shape index (κ2) is 5.35. The van der Waals surface area contributed by atoms with Crippen LogP contribution in [-0.4, -0.2) is 16.7 Å². The van der Waals surface area contributed by atoms with Gasteiger partial charge in [0.15, 0.2) is 0 Å². The first kappa shape index (κ1) is 13.9. The monoisotopic (exact) mass is 305 g/mol. The summed E-state index contributed by atoms with van der Waals surface area (Å²) in [5.41, 5.74) is 8.85. The van der Waals surface area contributed by atoms with Gasteiger partial charge in [-0.1, -0.05) is 29.8 Å². The third-order valence-corrected chi connectivity index (χ3v) is 3.54. The molecule has 0 unspecified atom stereocenters. The molecule has 0 aliphatic rings. The maximum Gasteiger partial charge on any atom is 0.205 e. The summed E-state index contributed by atoms with van der Waals surface area (Å²) in [6.07, 6.45) is 0. The van der Waals surface area contributed by atoms with E-state index in [1.54, 1.807) is 11.7 Å². The second-order valence-electron chi connectivity index (χ2n) is 4.62. The quantitative estimate of drug-likeness (QED) is 0.805. The summed E-state index contributed by atoms with van der Waals surface area (Å²) in [6, 6.07) is 10.4. The van der Waals surface area contributed by atoms with E-state index in [9.17, 15) is 4.39 Å². The lowest BCUT2D eigenvalue weighted by Crippen LogP contribution is -2.04. The topological polar surface area (TPSA) is 53.1 Å². The van der Waals surface area contributed by atoms with E-state index in [0.29, 0.717) is 17.6 Å². The number of imidazole rings is 1. The molecule has 4 nitrogen and oxygen atoms in total. The van der Waals surface area contributed by atoms with Crippen molar-refractivity contribution in [1.29, 1.82) is 0 Å². The van der Waals surface area contributed by atoms with Crippen LogP contribution in [0.3, 0.4) is 0 Å². The molecular formula is C15H13ClFN3O. The maximum atomic E-state index is 13.8. The summed E-state index contributed by atoms with van der Waals surface area (Å²) < 4.78 is 20.7. The van der Waals surface area contributed by atoms with Gasteiger partial charge in [-0.05, 0) is 12.1 Å². The van der Waals surface area contributed by atoms with Crippen molar-refractivity contribution in [3.8, 4) is 5.69 Å². The third kappa shape index (κ3) is 2.34. The molecule has 0 spiro atoms. The van der Waals surface area contributed by atoms with Gasteiger partial charge in [0.25, 0.3) is 0 Å². The Morgan fingerprint density at radius 1 is 1.33 bits per heavy atom. The number of methoxy groups -OCH3 is 1. The highest BCUT2D eigenvalue weighted by atomic mass is 35.5. The summed E-state index contributed by atoms with van der Waals surface area (Å²) in [5.74, 6) is -0.232. The summed E-state index contributed by atoms with van der Waals surface area (Å²) in [5, 5.41) is 0.0253. The lowest BCUT2D eigenvalue weighted by molar-refractivity contribution is 0.185. The van der Waals surface area contributed by atoms with Crippen molar-refractivity contribution < 1.29 is 9.13 Å². The summed E-state index contributed by atoms with van der Waals surface area (Å²) in [6.45, 7) is 0.422. The van der Waals surface area contributed by atoms with E-state index in [4.69, 9.17) is 22.1 Å². The number of aromatic nitrogens is 2. The molecule has 0 fully saturated rings. The first-order chi connectivity index (χ1) is 10.1. The Morgan fingerprint density at radius 3 is 2.86 bits per heavy atom. The van der Waals surface area contributed by atoms with Gasteiger partial charge in [-0.2, -0.15) is 0 Å². The number of rotatable bonds is 3. The van der Waals surface area contributed by atoms with Crippen LogP contribution < -0.4 is 5.73 Å². The van der Waals surface area contributed by atoms with Gasteiger partial charge in [0.2, 0.25) is 5.95 Å². The largest absolute Gasteiger partial charge is 0.380 e. The number of hydrogen-bond donors (Lipinski definition) is 1. The number of nitrogens with two attached hydrogens (primary N) is 1. The predicted octanol–water partition coefficient (Wildman–Crippen LogP) is 3.55. The number of nitrogen functional groups attached to an aromatic ring is 1. The zero-order chi connectivity index (χ0) is 15.0. The number of ether oxygens (including phenoxy) is 1. The minimum absolute atomic E-state index is 0.0253. The molecule has 1 heterocycles. The average molecular weight is 306 g/mol. The fourth-order valence-corrected chi connectivity index (χ4v) is 2.51. The SMILES string of the molecule is COCc1ccccc1-n1c(N)nc2cc(Cl)c(F)cc21. The van der Waals surface area contributed by atoms with Crippen molar-refractivity contribution in [3.05, 3.63) is 52.8 Å². The van der Waals surface area contributed by atoms with Crippen molar-refractivity contribution in [2.75, 3.05) is 12.8 Å². The first-order valence-electron chi connectivity index (χ1n) is 6.32. The van der Waals surface area contributed by atoms with E-state index in [2.05, 4.69) is 4.98 Å². The van der Waals surface area contributed by atoms with Gasteiger partial charge in [-0.15, -0.1) is 0 Å². The maximum absolute atomic E-state index is 13.8. The molecule has 21 heavy (non-hydrogen) atoms. The molecule has 0 bridgehead atoms. The van der Waals surface area contributed by atoms with Crippen LogP contribution in [0.15, 0.2) is 36.4 Å². The molecule has 0 aliphatic heterocycles. The van der Waals surface area contributed by atoms with Gasteiger partial charge in [0.05, 0.1) is 28.4 Å². The van der Waals surface area contributed by atoms with Crippen molar-refractivity contribution >= 4 is 28.6 Å². The van der Waals surface area contributed by atoms with Gasteiger partial charge in [0, 0.05) is 18.7 Å². The summed E-state index contributed by atoms with van der Waals surface area (Å²) in [7, 11) is 1.62. The Hall–Kier alpha value is -2.11. The van der Waals surface area contributed by atoms with Crippen LogP contribution in [0.4, 0.5) is 10.3 Å². The number of halogens is 2. The number of anilines is 1. The van der Waals surface area contributed by atoms with Crippen molar-refractivity contribution in [2.24, 2.45) is 0 Å². The fraction of sp³-hybridized carbons (Fsp3) is 0.133. The fourth-order valence-electron chi connectivity index (χ4n) is 2.35. The highest BCUT2D eigenvalue weighted by molar-refractivity contribution is 6.31. The van der Waals surface area contributed by atoms with Gasteiger partial charge in [0.1, 0.15) is 5.82 Å². The van der Waals surface area contributed by atoms with Gasteiger partial charge < -0.3 is 10.5 Å². The van der Waals surface area contributed by atoms with Crippen LogP contribution in [0.1, 0.15) is 5.56 Å². The molecule has 1 aromatic heterocycles. The van der Waals surface area contributed by atoms with Crippen molar-refractivity contribution in [1.82, 2.24) is 9.55 Å². The smallest absolute Gasteiger partial charge is 0.205 e. The Kier molecular flexibility index (Phi) is 3.53. The van der Waals surface area contributed by atoms with Crippen LogP contribution in [0.25, 0.3) is 16.7 Å². The van der Waals surface area contributed by atoms with Gasteiger partial charge >= 0.3 is 0 Å². The van der Waals surface area contributed by atoms with E-state index in [-0.39, 0.29) is 11.0 Å². The number of hydrogen-bond acceptors (Lipinski definition) is 3. The Balaban J connectivity index is 2.30. The van der Waals surface area contributed by atoms with E-state index in [0.717, 1.165) is 11.3 Å². The number of fused-ring (bicyclic) bond motifs is 1. The lowest BCUT2D eigenvalue weighted by atomic mass is 10.2. The molecule has 0 aliphatic carbocycles. The molecule has 2 N–H and O–H groups in total. The zero-order valence-electron chi connectivity index (χ0n) is 11.3. The molecule has 0 atom stereocenters. The van der Waals surface area contributed by atoms with Crippen molar-refractivity contribution in [2.45, 2.75) is 6.61 Å². The molecule has 0 saturated heterocycles. The predicted molar refractivity (Wildman–Crippen MR) is 81.2 cm³/mol. The minimum Gasteiger partial charge on any atom is -0.380 e. The second-order valence-corrected chi connectivity index (χ2v) is 5.03.